The van der Waals surface area contributed by atoms with E-state index in [-0.39, 0.29) is 6.42 Å². The molecule has 1 aromatic rings. The van der Waals surface area contributed by atoms with Gasteiger partial charge in [0, 0.05) is 5.02 Å². The lowest BCUT2D eigenvalue weighted by Gasteiger charge is -1.98. The summed E-state index contributed by atoms with van der Waals surface area (Å²) in [6, 6.07) is 5.66. The highest BCUT2D eigenvalue weighted by molar-refractivity contribution is 6.32. The van der Waals surface area contributed by atoms with E-state index in [2.05, 4.69) is 0 Å². The number of carboxylic acids is 1. The summed E-state index contributed by atoms with van der Waals surface area (Å²) in [5, 5.41) is 9.07. The quantitative estimate of drug-likeness (QED) is 0.832. The van der Waals surface area contributed by atoms with E-state index in [1.54, 1.807) is 12.2 Å². The number of aliphatic carboxylic acids is 1. The molecule has 0 heterocycles. The summed E-state index contributed by atoms with van der Waals surface area (Å²) >= 11 is 5.95. The van der Waals surface area contributed by atoms with E-state index in [0.717, 1.165) is 11.1 Å². The molecular weight excluding hydrogens is 200 g/mol. The van der Waals surface area contributed by atoms with Crippen LogP contribution in [0.15, 0.2) is 24.3 Å². The molecule has 0 spiro atoms. The Hall–Kier alpha value is -1.28. The van der Waals surface area contributed by atoms with Gasteiger partial charge in [0.2, 0.25) is 0 Å². The zero-order chi connectivity index (χ0) is 10.6. The number of carboxylic acid groups (broad SMARTS) is 1. The van der Waals surface area contributed by atoms with E-state index >= 15 is 0 Å². The number of benzene rings is 1. The van der Waals surface area contributed by atoms with E-state index < -0.39 is 5.97 Å². The van der Waals surface area contributed by atoms with Gasteiger partial charge >= 0.3 is 5.97 Å². The molecule has 0 bridgehead atoms. The van der Waals surface area contributed by atoms with Crippen LogP contribution in [0.3, 0.4) is 0 Å². The molecule has 2 nitrogen and oxygen atoms in total. The topological polar surface area (TPSA) is 37.3 Å². The third-order valence-electron chi connectivity index (χ3n) is 1.75. The molecule has 0 fully saturated rings. The lowest BCUT2D eigenvalue weighted by molar-refractivity contribution is -0.135. The highest BCUT2D eigenvalue weighted by Crippen LogP contribution is 2.18. The molecule has 0 radical (unpaired) electrons. The highest BCUT2D eigenvalue weighted by atomic mass is 35.5. The van der Waals surface area contributed by atoms with Gasteiger partial charge in [-0.1, -0.05) is 35.9 Å². The Balaban J connectivity index is 2.76. The summed E-state index contributed by atoms with van der Waals surface area (Å²) in [5.74, 6) is -0.843. The van der Waals surface area contributed by atoms with Crippen molar-refractivity contribution >= 4 is 23.6 Å². The number of hydrogen-bond donors (Lipinski definition) is 1. The summed E-state index contributed by atoms with van der Waals surface area (Å²) in [4.78, 5) is 10.2. The van der Waals surface area contributed by atoms with Gasteiger partial charge in [-0.15, -0.1) is 0 Å². The standard InChI is InChI=1S/C11H11ClO2/c1-8-5-6-9(10(12)7-8)3-2-4-11(13)14/h2-3,5-7H,4H2,1H3,(H,13,14). The molecule has 0 aliphatic heterocycles. The molecule has 1 N–H and O–H groups in total. The molecule has 14 heavy (non-hydrogen) atoms. The minimum absolute atomic E-state index is 0.0181. The first-order valence-corrected chi connectivity index (χ1v) is 4.62. The monoisotopic (exact) mass is 210 g/mol. The van der Waals surface area contributed by atoms with E-state index in [9.17, 15) is 4.79 Å². The predicted octanol–water partition coefficient (Wildman–Crippen LogP) is 3.14. The van der Waals surface area contributed by atoms with Crippen LogP contribution in [0, 0.1) is 6.92 Å². The zero-order valence-corrected chi connectivity index (χ0v) is 8.58. The first-order chi connectivity index (χ1) is 6.59. The Labute approximate surface area is 87.8 Å². The third-order valence-corrected chi connectivity index (χ3v) is 2.07. The second-order valence-corrected chi connectivity index (χ2v) is 3.43. The van der Waals surface area contributed by atoms with Crippen molar-refractivity contribution in [1.29, 1.82) is 0 Å². The summed E-state index contributed by atoms with van der Waals surface area (Å²) in [6.07, 6.45) is 3.32. The number of hydrogen-bond acceptors (Lipinski definition) is 1. The van der Waals surface area contributed by atoms with Crippen molar-refractivity contribution in [3.63, 3.8) is 0 Å². The Morgan fingerprint density at radius 1 is 1.57 bits per heavy atom. The van der Waals surface area contributed by atoms with E-state index in [1.807, 2.05) is 25.1 Å². The van der Waals surface area contributed by atoms with Crippen LogP contribution in [-0.2, 0) is 4.79 Å². The fourth-order valence-corrected chi connectivity index (χ4v) is 1.35. The Morgan fingerprint density at radius 2 is 2.29 bits per heavy atom. The van der Waals surface area contributed by atoms with Crippen molar-refractivity contribution in [3.05, 3.63) is 40.4 Å². The van der Waals surface area contributed by atoms with Crippen molar-refractivity contribution in [3.8, 4) is 0 Å². The summed E-state index contributed by atoms with van der Waals surface area (Å²) in [7, 11) is 0. The maximum Gasteiger partial charge on any atom is 0.307 e. The lowest BCUT2D eigenvalue weighted by atomic mass is 10.1. The van der Waals surface area contributed by atoms with Crippen molar-refractivity contribution in [2.45, 2.75) is 13.3 Å². The molecule has 0 saturated heterocycles. The Bertz CT molecular complexity index is 370. The van der Waals surface area contributed by atoms with Crippen molar-refractivity contribution in [2.24, 2.45) is 0 Å². The summed E-state index contributed by atoms with van der Waals surface area (Å²) < 4.78 is 0. The lowest BCUT2D eigenvalue weighted by Crippen LogP contribution is -1.89. The molecule has 0 aliphatic carbocycles. The highest BCUT2D eigenvalue weighted by Gasteiger charge is 1.96. The van der Waals surface area contributed by atoms with Gasteiger partial charge < -0.3 is 5.11 Å². The first-order valence-electron chi connectivity index (χ1n) is 4.24. The van der Waals surface area contributed by atoms with Gasteiger partial charge in [-0.05, 0) is 24.1 Å². The van der Waals surface area contributed by atoms with Crippen molar-refractivity contribution in [2.75, 3.05) is 0 Å². The molecule has 0 atom stereocenters. The van der Waals surface area contributed by atoms with Crippen molar-refractivity contribution < 1.29 is 9.90 Å². The zero-order valence-electron chi connectivity index (χ0n) is 7.83. The second kappa shape index (κ2) is 4.82. The molecule has 0 unspecified atom stereocenters. The van der Waals surface area contributed by atoms with Crippen LogP contribution in [0.4, 0.5) is 0 Å². The molecule has 1 rings (SSSR count). The molecule has 1 aromatic carbocycles. The average molecular weight is 211 g/mol. The fourth-order valence-electron chi connectivity index (χ4n) is 1.05. The molecule has 3 heteroatoms. The minimum Gasteiger partial charge on any atom is -0.481 e. The largest absolute Gasteiger partial charge is 0.481 e. The second-order valence-electron chi connectivity index (χ2n) is 3.03. The minimum atomic E-state index is -0.843. The molecule has 74 valence electrons. The molecular formula is C11H11ClO2. The van der Waals surface area contributed by atoms with E-state index in [4.69, 9.17) is 16.7 Å². The Kier molecular flexibility index (Phi) is 3.72. The number of carbonyl (C=O) groups is 1. The average Bonchev–Trinajstić information content (AvgIpc) is 2.08. The number of rotatable bonds is 3. The normalized spacial score (nSPS) is 10.7. The van der Waals surface area contributed by atoms with Crippen LogP contribution in [0.2, 0.25) is 5.02 Å². The SMILES string of the molecule is Cc1ccc(C=CCC(=O)O)c(Cl)c1. The van der Waals surface area contributed by atoms with Crippen LogP contribution < -0.4 is 0 Å². The summed E-state index contributed by atoms with van der Waals surface area (Å²) in [5.41, 5.74) is 1.93. The van der Waals surface area contributed by atoms with Crippen LogP contribution >= 0.6 is 11.6 Å². The van der Waals surface area contributed by atoms with Gasteiger partial charge in [0.15, 0.2) is 0 Å². The first kappa shape index (κ1) is 10.8. The van der Waals surface area contributed by atoms with Gasteiger partial charge in [0.05, 0.1) is 6.42 Å². The smallest absolute Gasteiger partial charge is 0.307 e. The van der Waals surface area contributed by atoms with Gasteiger partial charge in [0.25, 0.3) is 0 Å². The van der Waals surface area contributed by atoms with Crippen LogP contribution in [0.25, 0.3) is 6.08 Å². The maximum absolute atomic E-state index is 10.2. The maximum atomic E-state index is 10.2. The Morgan fingerprint density at radius 3 is 2.86 bits per heavy atom. The molecule has 0 aliphatic rings. The van der Waals surface area contributed by atoms with Crippen LogP contribution in [0.5, 0.6) is 0 Å². The van der Waals surface area contributed by atoms with Crippen molar-refractivity contribution in [1.82, 2.24) is 0 Å². The molecule has 0 aromatic heterocycles. The van der Waals surface area contributed by atoms with Gasteiger partial charge in [-0.25, -0.2) is 0 Å². The van der Waals surface area contributed by atoms with E-state index in [1.165, 1.54) is 0 Å². The van der Waals surface area contributed by atoms with Crippen LogP contribution in [0.1, 0.15) is 17.5 Å². The van der Waals surface area contributed by atoms with E-state index in [0.29, 0.717) is 5.02 Å². The van der Waals surface area contributed by atoms with Gasteiger partial charge in [-0.2, -0.15) is 0 Å². The predicted molar refractivity (Wildman–Crippen MR) is 57.5 cm³/mol. The summed E-state index contributed by atoms with van der Waals surface area (Å²) in [6.45, 7) is 1.95. The number of halogens is 1. The fraction of sp³-hybridized carbons (Fsp3) is 0.182. The molecule has 0 amide bonds. The molecule has 0 saturated carbocycles. The van der Waals surface area contributed by atoms with Gasteiger partial charge in [0.1, 0.15) is 0 Å². The van der Waals surface area contributed by atoms with Crippen LogP contribution in [-0.4, -0.2) is 11.1 Å². The third kappa shape index (κ3) is 3.23. The van der Waals surface area contributed by atoms with Gasteiger partial charge in [-0.3, -0.25) is 4.79 Å². The number of aryl methyl sites for hydroxylation is 1.